The third kappa shape index (κ3) is 4.57. The van der Waals surface area contributed by atoms with Crippen LogP contribution in [0.2, 0.25) is 0 Å². The Morgan fingerprint density at radius 3 is 2.08 bits per heavy atom. The molecule has 2 aromatic heterocycles. The van der Waals surface area contributed by atoms with Crippen LogP contribution < -0.4 is 4.90 Å². The molecule has 4 nitrogen and oxygen atoms in total. The van der Waals surface area contributed by atoms with Crippen molar-refractivity contribution in [1.82, 2.24) is 4.98 Å². The molecule has 2 heterocycles. The second-order valence-corrected chi connectivity index (χ2v) is 12.4. The van der Waals surface area contributed by atoms with Crippen molar-refractivity contribution in [3.05, 3.63) is 170 Å². The Morgan fingerprint density at radius 1 is 0.429 bits per heavy atom. The quantitative estimate of drug-likeness (QED) is 0.190. The zero-order valence-electron chi connectivity index (χ0n) is 26.4. The molecule has 0 aliphatic heterocycles. The number of para-hydroxylation sites is 1. The largest absolute Gasteiger partial charge is 0.456 e. The number of furan rings is 1. The molecule has 10 rings (SSSR count). The van der Waals surface area contributed by atoms with E-state index in [1.54, 1.807) is 0 Å². The van der Waals surface area contributed by atoms with E-state index in [1.165, 1.54) is 16.3 Å². The van der Waals surface area contributed by atoms with Crippen LogP contribution in [0.5, 0.6) is 0 Å². The fourth-order valence-electron chi connectivity index (χ4n) is 7.12. The van der Waals surface area contributed by atoms with E-state index in [0.29, 0.717) is 5.89 Å². The Balaban J connectivity index is 1.11. The summed E-state index contributed by atoms with van der Waals surface area (Å²) in [6.07, 6.45) is 0. The van der Waals surface area contributed by atoms with E-state index in [1.807, 2.05) is 36.4 Å². The van der Waals surface area contributed by atoms with Gasteiger partial charge in [-0.3, -0.25) is 0 Å². The fourth-order valence-corrected chi connectivity index (χ4v) is 7.12. The van der Waals surface area contributed by atoms with Gasteiger partial charge < -0.3 is 13.7 Å². The minimum absolute atomic E-state index is 0.583. The van der Waals surface area contributed by atoms with Gasteiger partial charge in [-0.25, -0.2) is 4.98 Å². The maximum Gasteiger partial charge on any atom is 0.228 e. The first-order chi connectivity index (χ1) is 24.3. The molecule has 0 saturated carbocycles. The van der Waals surface area contributed by atoms with Crippen LogP contribution in [-0.4, -0.2) is 4.98 Å². The Bertz CT molecular complexity index is 2850. The molecule has 0 bridgehead atoms. The molecule has 4 heteroatoms. The topological polar surface area (TPSA) is 42.4 Å². The molecule has 0 unspecified atom stereocenters. The summed E-state index contributed by atoms with van der Waals surface area (Å²) in [5.74, 6) is 0.583. The van der Waals surface area contributed by atoms with Crippen molar-refractivity contribution in [3.8, 4) is 22.6 Å². The number of rotatable bonds is 5. The van der Waals surface area contributed by atoms with Crippen molar-refractivity contribution >= 4 is 71.6 Å². The molecule has 8 aromatic carbocycles. The van der Waals surface area contributed by atoms with Gasteiger partial charge >= 0.3 is 0 Å². The predicted molar refractivity (Wildman–Crippen MR) is 202 cm³/mol. The average molecular weight is 629 g/mol. The van der Waals surface area contributed by atoms with Gasteiger partial charge in [0.15, 0.2) is 5.58 Å². The van der Waals surface area contributed by atoms with Crippen molar-refractivity contribution in [1.29, 1.82) is 0 Å². The number of oxazole rings is 1. The first kappa shape index (κ1) is 27.5. The third-order valence-corrected chi connectivity index (χ3v) is 9.45. The van der Waals surface area contributed by atoms with Crippen LogP contribution in [0, 0.1) is 0 Å². The first-order valence-corrected chi connectivity index (χ1v) is 16.5. The Hall–Kier alpha value is -6.65. The maximum absolute atomic E-state index is 6.56. The van der Waals surface area contributed by atoms with Crippen LogP contribution in [0.3, 0.4) is 0 Å². The van der Waals surface area contributed by atoms with Gasteiger partial charge in [0.05, 0.1) is 0 Å². The molecule has 230 valence electrons. The summed E-state index contributed by atoms with van der Waals surface area (Å²) in [7, 11) is 0. The standard InChI is InChI=1S/C45H28N2O2/c1-2-14-34(15-3-1)47(35-16-8-13-32(27-35)33-21-20-29-10-4-5-12-31(29)26-33)36-23-24-38-42(28-36)48-41-19-9-18-39(43(38)41)45-46-40-25-22-30-11-6-7-17-37(30)44(40)49-45/h1-28H. The minimum atomic E-state index is 0.583. The van der Waals surface area contributed by atoms with Gasteiger partial charge in [-0.1, -0.05) is 103 Å². The predicted octanol–water partition coefficient (Wildman–Crippen LogP) is 12.8. The van der Waals surface area contributed by atoms with E-state index in [0.717, 1.165) is 72.0 Å². The summed E-state index contributed by atoms with van der Waals surface area (Å²) >= 11 is 0. The molecule has 0 fully saturated rings. The van der Waals surface area contributed by atoms with Crippen LogP contribution in [0.4, 0.5) is 17.1 Å². The zero-order chi connectivity index (χ0) is 32.3. The average Bonchev–Trinajstić information content (AvgIpc) is 3.77. The second kappa shape index (κ2) is 11.0. The fraction of sp³-hybridized carbons (Fsp3) is 0. The summed E-state index contributed by atoms with van der Waals surface area (Å²) in [6.45, 7) is 0. The Morgan fingerprint density at radius 2 is 1.16 bits per heavy atom. The van der Waals surface area contributed by atoms with Crippen molar-refractivity contribution in [3.63, 3.8) is 0 Å². The second-order valence-electron chi connectivity index (χ2n) is 12.4. The molecule has 0 atom stereocenters. The highest BCUT2D eigenvalue weighted by molar-refractivity contribution is 6.13. The number of nitrogens with zero attached hydrogens (tertiary/aromatic N) is 2. The monoisotopic (exact) mass is 628 g/mol. The van der Waals surface area contributed by atoms with Gasteiger partial charge in [-0.2, -0.15) is 0 Å². The van der Waals surface area contributed by atoms with Crippen molar-refractivity contribution in [2.24, 2.45) is 0 Å². The summed E-state index contributed by atoms with van der Waals surface area (Å²) in [4.78, 5) is 7.21. The Labute approximate surface area is 282 Å². The lowest BCUT2D eigenvalue weighted by atomic mass is 10.0. The van der Waals surface area contributed by atoms with Crippen LogP contribution in [0.15, 0.2) is 179 Å². The maximum atomic E-state index is 6.56. The van der Waals surface area contributed by atoms with Crippen LogP contribution in [0.25, 0.3) is 77.2 Å². The van der Waals surface area contributed by atoms with Gasteiger partial charge in [-0.05, 0) is 87.9 Å². The van der Waals surface area contributed by atoms with E-state index >= 15 is 0 Å². The van der Waals surface area contributed by atoms with Crippen molar-refractivity contribution in [2.45, 2.75) is 0 Å². The van der Waals surface area contributed by atoms with E-state index in [2.05, 4.69) is 138 Å². The molecule has 10 aromatic rings. The third-order valence-electron chi connectivity index (χ3n) is 9.45. The molecule has 0 aliphatic rings. The summed E-state index contributed by atoms with van der Waals surface area (Å²) < 4.78 is 13.0. The Kier molecular flexibility index (Phi) is 6.15. The summed E-state index contributed by atoms with van der Waals surface area (Å²) in [5.41, 5.74) is 9.60. The number of fused-ring (bicyclic) bond motifs is 7. The van der Waals surface area contributed by atoms with E-state index in [9.17, 15) is 0 Å². The molecular formula is C45H28N2O2. The molecular weight excluding hydrogens is 601 g/mol. The highest BCUT2D eigenvalue weighted by Crippen LogP contribution is 2.42. The lowest BCUT2D eigenvalue weighted by Crippen LogP contribution is -2.09. The highest BCUT2D eigenvalue weighted by atomic mass is 16.3. The van der Waals surface area contributed by atoms with E-state index in [4.69, 9.17) is 13.8 Å². The van der Waals surface area contributed by atoms with Gasteiger partial charge in [0.1, 0.15) is 16.7 Å². The summed E-state index contributed by atoms with van der Waals surface area (Å²) in [6, 6.07) is 59.2. The molecule has 0 amide bonds. The van der Waals surface area contributed by atoms with Crippen LogP contribution in [-0.2, 0) is 0 Å². The molecule has 0 aliphatic carbocycles. The number of hydrogen-bond donors (Lipinski definition) is 0. The van der Waals surface area contributed by atoms with Gasteiger partial charge in [0, 0.05) is 44.9 Å². The van der Waals surface area contributed by atoms with Crippen molar-refractivity contribution < 1.29 is 8.83 Å². The zero-order valence-corrected chi connectivity index (χ0v) is 26.4. The smallest absolute Gasteiger partial charge is 0.228 e. The first-order valence-electron chi connectivity index (χ1n) is 16.5. The van der Waals surface area contributed by atoms with E-state index in [-0.39, 0.29) is 0 Å². The molecule has 0 N–H and O–H groups in total. The van der Waals surface area contributed by atoms with Crippen molar-refractivity contribution in [2.75, 3.05) is 4.90 Å². The number of anilines is 3. The van der Waals surface area contributed by atoms with Crippen LogP contribution >= 0.6 is 0 Å². The molecule has 0 radical (unpaired) electrons. The lowest BCUT2D eigenvalue weighted by molar-refractivity contribution is 0.623. The molecule has 0 saturated heterocycles. The van der Waals surface area contributed by atoms with Crippen LogP contribution in [0.1, 0.15) is 0 Å². The SMILES string of the molecule is c1ccc(N(c2cccc(-c3ccc4ccccc4c3)c2)c2ccc3c(c2)oc2cccc(-c4nc5ccc6ccccc6c5o4)c23)cc1. The minimum Gasteiger partial charge on any atom is -0.456 e. The van der Waals surface area contributed by atoms with Gasteiger partial charge in [0.25, 0.3) is 0 Å². The molecule has 0 spiro atoms. The number of aromatic nitrogens is 1. The molecule has 49 heavy (non-hydrogen) atoms. The summed E-state index contributed by atoms with van der Waals surface area (Å²) in [5, 5.41) is 6.65. The van der Waals surface area contributed by atoms with Gasteiger partial charge in [-0.15, -0.1) is 0 Å². The number of benzene rings is 8. The highest BCUT2D eigenvalue weighted by Gasteiger charge is 2.20. The van der Waals surface area contributed by atoms with Gasteiger partial charge in [0.2, 0.25) is 5.89 Å². The number of hydrogen-bond acceptors (Lipinski definition) is 4. The normalized spacial score (nSPS) is 11.7. The lowest BCUT2D eigenvalue weighted by Gasteiger charge is -2.26. The van der Waals surface area contributed by atoms with E-state index < -0.39 is 0 Å².